The van der Waals surface area contributed by atoms with Gasteiger partial charge < -0.3 is 9.15 Å². The number of carbonyl (C=O) groups is 1. The fourth-order valence-electron chi connectivity index (χ4n) is 1.95. The van der Waals surface area contributed by atoms with E-state index in [1.54, 1.807) is 19.1 Å². The topological polar surface area (TPSA) is 56.5 Å². The van der Waals surface area contributed by atoms with Crippen molar-refractivity contribution in [2.24, 2.45) is 0 Å². The zero-order valence-electron chi connectivity index (χ0n) is 10.2. The Labute approximate surface area is 108 Å². The lowest BCUT2D eigenvalue weighted by Crippen LogP contribution is -2.10. The Morgan fingerprint density at radius 1 is 1.11 bits per heavy atom. The Morgan fingerprint density at radius 2 is 1.84 bits per heavy atom. The summed E-state index contributed by atoms with van der Waals surface area (Å²) in [7, 11) is 0. The number of aryl methyl sites for hydroxylation is 1. The number of ether oxygens (including phenoxy) is 1. The largest absolute Gasteiger partial charge is 0.452 e. The van der Waals surface area contributed by atoms with Gasteiger partial charge in [-0.2, -0.15) is 0 Å². The Bertz CT molecular complexity index is 738. The summed E-state index contributed by atoms with van der Waals surface area (Å²) in [5.74, 6) is 0.380. The van der Waals surface area contributed by atoms with Crippen LogP contribution in [0.25, 0.3) is 6.08 Å². The highest BCUT2D eigenvalue weighted by molar-refractivity contribution is 6.14. The molecule has 1 aliphatic heterocycles. The molecule has 0 atom stereocenters. The number of allylic oxidation sites excluding steroid dienone is 1. The van der Waals surface area contributed by atoms with E-state index in [-0.39, 0.29) is 17.1 Å². The summed E-state index contributed by atoms with van der Waals surface area (Å²) < 4.78 is 10.3. The van der Waals surface area contributed by atoms with Gasteiger partial charge in [0.25, 0.3) is 0 Å². The molecule has 0 unspecified atom stereocenters. The van der Waals surface area contributed by atoms with Crippen molar-refractivity contribution < 1.29 is 13.9 Å². The maximum Gasteiger partial charge on any atom is 0.351 e. The van der Waals surface area contributed by atoms with Gasteiger partial charge in [0.1, 0.15) is 11.5 Å². The molecule has 19 heavy (non-hydrogen) atoms. The Balaban J connectivity index is 2.07. The highest BCUT2D eigenvalue weighted by Crippen LogP contribution is 2.29. The molecule has 2 aromatic rings. The number of fused-ring (bicyclic) bond motifs is 1. The quantitative estimate of drug-likeness (QED) is 0.734. The Morgan fingerprint density at radius 3 is 2.58 bits per heavy atom. The van der Waals surface area contributed by atoms with Gasteiger partial charge in [-0.3, -0.25) is 4.79 Å². The summed E-state index contributed by atoms with van der Waals surface area (Å²) in [6.45, 7) is 1.63. The van der Waals surface area contributed by atoms with Crippen LogP contribution in [-0.4, -0.2) is 5.78 Å². The molecule has 0 spiro atoms. The van der Waals surface area contributed by atoms with Crippen LogP contribution in [0.15, 0.2) is 51.4 Å². The van der Waals surface area contributed by atoms with E-state index < -0.39 is 11.4 Å². The molecule has 4 heteroatoms. The first kappa shape index (κ1) is 11.5. The molecule has 1 aliphatic rings. The SMILES string of the molecule is Cc1cc2c(c(=O)o1)C(=O)/C(=C\c1ccccc1)O2. The summed E-state index contributed by atoms with van der Waals surface area (Å²) in [5, 5.41) is 0. The first-order valence-corrected chi connectivity index (χ1v) is 5.79. The molecular weight excluding hydrogens is 244 g/mol. The number of benzene rings is 1. The van der Waals surface area contributed by atoms with Gasteiger partial charge in [0.15, 0.2) is 11.3 Å². The van der Waals surface area contributed by atoms with Crippen LogP contribution < -0.4 is 10.4 Å². The third-order valence-electron chi connectivity index (χ3n) is 2.81. The smallest absolute Gasteiger partial charge is 0.351 e. The summed E-state index contributed by atoms with van der Waals surface area (Å²) >= 11 is 0. The second-order valence-electron chi connectivity index (χ2n) is 4.23. The van der Waals surface area contributed by atoms with Gasteiger partial charge in [-0.15, -0.1) is 0 Å². The van der Waals surface area contributed by atoms with Crippen molar-refractivity contribution in [2.45, 2.75) is 6.92 Å². The maximum atomic E-state index is 12.1. The molecule has 0 amide bonds. The van der Waals surface area contributed by atoms with Gasteiger partial charge in [0, 0.05) is 6.07 Å². The van der Waals surface area contributed by atoms with Gasteiger partial charge in [-0.1, -0.05) is 30.3 Å². The highest BCUT2D eigenvalue weighted by Gasteiger charge is 2.31. The van der Waals surface area contributed by atoms with Crippen LogP contribution >= 0.6 is 0 Å². The van der Waals surface area contributed by atoms with E-state index in [1.807, 2.05) is 30.3 Å². The van der Waals surface area contributed by atoms with Crippen molar-refractivity contribution in [3.63, 3.8) is 0 Å². The summed E-state index contributed by atoms with van der Waals surface area (Å²) in [6.07, 6.45) is 1.61. The van der Waals surface area contributed by atoms with Crippen molar-refractivity contribution in [2.75, 3.05) is 0 Å². The molecular formula is C15H10O4. The van der Waals surface area contributed by atoms with Crippen LogP contribution in [-0.2, 0) is 0 Å². The number of hydrogen-bond acceptors (Lipinski definition) is 4. The molecule has 0 saturated carbocycles. The monoisotopic (exact) mass is 254 g/mol. The first-order valence-electron chi connectivity index (χ1n) is 5.79. The molecule has 3 rings (SSSR count). The summed E-state index contributed by atoms with van der Waals surface area (Å²) in [4.78, 5) is 23.7. The van der Waals surface area contributed by atoms with Gasteiger partial charge in [-0.05, 0) is 18.6 Å². The average molecular weight is 254 g/mol. The minimum atomic E-state index is -0.656. The lowest BCUT2D eigenvalue weighted by atomic mass is 10.1. The number of hydrogen-bond donors (Lipinski definition) is 0. The lowest BCUT2D eigenvalue weighted by molar-refractivity contribution is 0.101. The third-order valence-corrected chi connectivity index (χ3v) is 2.81. The van der Waals surface area contributed by atoms with Crippen molar-refractivity contribution in [1.82, 2.24) is 0 Å². The van der Waals surface area contributed by atoms with E-state index in [2.05, 4.69) is 0 Å². The lowest BCUT2D eigenvalue weighted by Gasteiger charge is -1.98. The molecule has 4 nitrogen and oxygen atoms in total. The van der Waals surface area contributed by atoms with Crippen molar-refractivity contribution in [1.29, 1.82) is 0 Å². The third kappa shape index (κ3) is 1.97. The number of Topliss-reactive ketones (excluding diaryl/α,β-unsaturated/α-hetero) is 1. The molecule has 0 radical (unpaired) electrons. The van der Waals surface area contributed by atoms with Crippen LogP contribution in [0, 0.1) is 6.92 Å². The van der Waals surface area contributed by atoms with E-state index in [0.717, 1.165) is 5.56 Å². The standard InChI is InChI=1S/C15H10O4/c1-9-7-11-13(15(17)18-9)14(16)12(19-11)8-10-5-3-2-4-6-10/h2-8H,1H3/b12-8+. The molecule has 0 aliphatic carbocycles. The molecule has 2 heterocycles. The Hall–Kier alpha value is -2.62. The zero-order valence-corrected chi connectivity index (χ0v) is 10.2. The van der Waals surface area contributed by atoms with Crippen LogP contribution in [0.4, 0.5) is 0 Å². The van der Waals surface area contributed by atoms with Gasteiger partial charge in [0.05, 0.1) is 0 Å². The van der Waals surface area contributed by atoms with E-state index in [0.29, 0.717) is 5.76 Å². The molecule has 0 N–H and O–H groups in total. The molecule has 1 aromatic carbocycles. The first-order chi connectivity index (χ1) is 9.15. The average Bonchev–Trinajstić information content (AvgIpc) is 2.67. The predicted molar refractivity (Wildman–Crippen MR) is 69.1 cm³/mol. The van der Waals surface area contributed by atoms with Crippen molar-refractivity contribution >= 4 is 11.9 Å². The van der Waals surface area contributed by atoms with E-state index in [4.69, 9.17) is 9.15 Å². The zero-order chi connectivity index (χ0) is 13.4. The fraction of sp³-hybridized carbons (Fsp3) is 0.0667. The minimum absolute atomic E-state index is 0.0345. The Kier molecular flexibility index (Phi) is 2.56. The van der Waals surface area contributed by atoms with Gasteiger partial charge >= 0.3 is 5.63 Å². The molecule has 0 fully saturated rings. The van der Waals surface area contributed by atoms with Gasteiger partial charge in [0.2, 0.25) is 5.78 Å². The number of ketones is 1. The van der Waals surface area contributed by atoms with Crippen molar-refractivity contribution in [3.8, 4) is 5.75 Å². The van der Waals surface area contributed by atoms with E-state index in [9.17, 15) is 9.59 Å². The number of carbonyl (C=O) groups excluding carboxylic acids is 1. The van der Waals surface area contributed by atoms with E-state index >= 15 is 0 Å². The highest BCUT2D eigenvalue weighted by atomic mass is 16.5. The van der Waals surface area contributed by atoms with Crippen LogP contribution in [0.5, 0.6) is 5.75 Å². The number of rotatable bonds is 1. The minimum Gasteiger partial charge on any atom is -0.452 e. The maximum absolute atomic E-state index is 12.1. The predicted octanol–water partition coefficient (Wildman–Crippen LogP) is 2.56. The summed E-state index contributed by atoms with van der Waals surface area (Å²) in [6, 6.07) is 10.8. The fourth-order valence-corrected chi connectivity index (χ4v) is 1.95. The second-order valence-corrected chi connectivity index (χ2v) is 4.23. The van der Waals surface area contributed by atoms with Crippen LogP contribution in [0.1, 0.15) is 21.7 Å². The second kappa shape index (κ2) is 4.24. The van der Waals surface area contributed by atoms with E-state index in [1.165, 1.54) is 0 Å². The summed E-state index contributed by atoms with van der Waals surface area (Å²) in [5.41, 5.74) is 0.143. The van der Waals surface area contributed by atoms with Crippen molar-refractivity contribution in [3.05, 3.63) is 69.5 Å². The molecule has 0 saturated heterocycles. The molecule has 0 bridgehead atoms. The molecule has 1 aromatic heterocycles. The van der Waals surface area contributed by atoms with Crippen LogP contribution in [0.2, 0.25) is 0 Å². The van der Waals surface area contributed by atoms with Gasteiger partial charge in [-0.25, -0.2) is 4.79 Å². The normalized spacial score (nSPS) is 15.4. The molecule has 94 valence electrons. The van der Waals surface area contributed by atoms with Crippen LogP contribution in [0.3, 0.4) is 0 Å².